The molecule has 27 heavy (non-hydrogen) atoms. The number of aromatic nitrogens is 4. The van der Waals surface area contributed by atoms with Crippen LogP contribution in [0.2, 0.25) is 0 Å². The third-order valence-electron chi connectivity index (χ3n) is 4.70. The van der Waals surface area contributed by atoms with Gasteiger partial charge in [-0.15, -0.1) is 10.2 Å². The monoisotopic (exact) mass is 368 g/mol. The van der Waals surface area contributed by atoms with Crippen molar-refractivity contribution in [3.8, 4) is 23.0 Å². The molecule has 0 unspecified atom stereocenters. The quantitative estimate of drug-likeness (QED) is 0.730. The van der Waals surface area contributed by atoms with E-state index in [4.69, 9.17) is 14.5 Å². The van der Waals surface area contributed by atoms with E-state index in [0.717, 1.165) is 43.3 Å². The minimum atomic E-state index is 0. The van der Waals surface area contributed by atoms with E-state index < -0.39 is 0 Å². The number of piperazine rings is 1. The zero-order chi connectivity index (χ0) is 18.6. The van der Waals surface area contributed by atoms with Crippen molar-refractivity contribution < 1.29 is 11.0 Å². The van der Waals surface area contributed by atoms with Crippen molar-refractivity contribution in [3.05, 3.63) is 42.2 Å². The molecule has 1 aliphatic rings. The fraction of sp³-hybridized carbons (Fsp3) is 0.368. The van der Waals surface area contributed by atoms with Crippen LogP contribution in [-0.2, 0) is 0 Å². The predicted molar refractivity (Wildman–Crippen MR) is 103 cm³/mol. The lowest BCUT2D eigenvalue weighted by Crippen LogP contribution is -2.47. The average Bonchev–Trinajstić information content (AvgIpc) is 3.20. The van der Waals surface area contributed by atoms with Crippen LogP contribution in [-0.4, -0.2) is 69.5 Å². The molecular formula is C19H24N6O2. The molecule has 3 aromatic rings. The molecule has 0 saturated carbocycles. The Bertz CT molecular complexity index is 896. The Balaban J connectivity index is 0.00000225. The van der Waals surface area contributed by atoms with Crippen LogP contribution < -0.4 is 4.90 Å². The van der Waals surface area contributed by atoms with Crippen molar-refractivity contribution in [2.75, 3.05) is 44.2 Å². The molecule has 0 spiro atoms. The lowest BCUT2D eigenvalue weighted by molar-refractivity contribution is 0.188. The van der Waals surface area contributed by atoms with E-state index in [0.29, 0.717) is 24.0 Å². The summed E-state index contributed by atoms with van der Waals surface area (Å²) in [4.78, 5) is 13.7. The molecule has 8 heteroatoms. The number of aryl methyl sites for hydroxylation is 1. The number of nitrogens with zero attached hydrogens (tertiary/aromatic N) is 6. The van der Waals surface area contributed by atoms with Crippen molar-refractivity contribution in [3.63, 3.8) is 0 Å². The molecule has 0 bridgehead atoms. The molecule has 1 saturated heterocycles. The zero-order valence-electron chi connectivity index (χ0n) is 15.2. The molecule has 0 amide bonds. The summed E-state index contributed by atoms with van der Waals surface area (Å²) in [6.07, 6.45) is 1.79. The minimum Gasteiger partial charge on any atom is -0.415 e. The van der Waals surface area contributed by atoms with Crippen LogP contribution in [0.1, 0.15) is 7.12 Å². The maximum absolute atomic E-state index is 9.08. The van der Waals surface area contributed by atoms with E-state index >= 15 is 0 Å². The largest absolute Gasteiger partial charge is 0.415 e. The van der Waals surface area contributed by atoms with Gasteiger partial charge in [0.25, 0.3) is 5.89 Å². The molecule has 142 valence electrons. The van der Waals surface area contributed by atoms with E-state index in [9.17, 15) is 0 Å². The number of hydrogen-bond acceptors (Lipinski definition) is 8. The van der Waals surface area contributed by atoms with E-state index in [1.54, 1.807) is 6.20 Å². The summed E-state index contributed by atoms with van der Waals surface area (Å²) in [7, 11) is 0. The second kappa shape index (κ2) is 7.81. The first-order chi connectivity index (χ1) is 13.2. The van der Waals surface area contributed by atoms with Crippen molar-refractivity contribution in [2.45, 2.75) is 6.92 Å². The zero-order valence-corrected chi connectivity index (χ0v) is 15.2. The molecule has 0 atom stereocenters. The molecule has 8 nitrogen and oxygen atoms in total. The fourth-order valence-corrected chi connectivity index (χ4v) is 3.15. The molecule has 4 rings (SSSR count). The molecule has 0 aliphatic carbocycles. The highest BCUT2D eigenvalue weighted by Gasteiger charge is 2.21. The van der Waals surface area contributed by atoms with Gasteiger partial charge in [-0.05, 0) is 19.1 Å². The summed E-state index contributed by atoms with van der Waals surface area (Å²) in [5.41, 5.74) is 2.24. The van der Waals surface area contributed by atoms with Crippen LogP contribution in [0.5, 0.6) is 0 Å². The Kier molecular flexibility index (Phi) is 5.08. The SMILES string of the molecule is Cc1ncc(N2CCN(CCO)CC2)nc1-c1nnc(-c2ccccc2)o1.[HH]. The van der Waals surface area contributed by atoms with E-state index in [2.05, 4.69) is 25.0 Å². The van der Waals surface area contributed by atoms with Gasteiger partial charge in [0.2, 0.25) is 5.89 Å². The maximum Gasteiger partial charge on any atom is 0.268 e. The topological polar surface area (TPSA) is 91.4 Å². The van der Waals surface area contributed by atoms with Crippen LogP contribution in [0.4, 0.5) is 5.82 Å². The van der Waals surface area contributed by atoms with Crippen LogP contribution >= 0.6 is 0 Å². The summed E-state index contributed by atoms with van der Waals surface area (Å²) in [5, 5.41) is 17.4. The van der Waals surface area contributed by atoms with E-state index in [-0.39, 0.29) is 8.03 Å². The number of β-amino-alcohol motifs (C(OH)–C–C–N with tert-alkyl or cyclic N) is 1. The van der Waals surface area contributed by atoms with Gasteiger partial charge in [-0.3, -0.25) is 9.88 Å². The molecule has 0 radical (unpaired) electrons. The number of rotatable bonds is 5. The van der Waals surface area contributed by atoms with Crippen molar-refractivity contribution in [1.29, 1.82) is 0 Å². The lowest BCUT2D eigenvalue weighted by atomic mass is 10.2. The number of aliphatic hydroxyl groups is 1. The number of aliphatic hydroxyl groups excluding tert-OH is 1. The van der Waals surface area contributed by atoms with Gasteiger partial charge < -0.3 is 14.4 Å². The number of benzene rings is 1. The smallest absolute Gasteiger partial charge is 0.268 e. The molecule has 1 N–H and O–H groups in total. The predicted octanol–water partition coefficient (Wildman–Crippen LogP) is 1.86. The summed E-state index contributed by atoms with van der Waals surface area (Å²) in [6.45, 7) is 6.26. The Morgan fingerprint density at radius 2 is 1.81 bits per heavy atom. The van der Waals surface area contributed by atoms with Crippen LogP contribution in [0.3, 0.4) is 0 Å². The highest BCUT2D eigenvalue weighted by molar-refractivity contribution is 5.58. The van der Waals surface area contributed by atoms with Gasteiger partial charge in [-0.1, -0.05) is 18.2 Å². The Hall–Kier alpha value is -2.84. The Morgan fingerprint density at radius 1 is 1.07 bits per heavy atom. The molecule has 2 aromatic heterocycles. The van der Waals surface area contributed by atoms with Gasteiger partial charge in [0.05, 0.1) is 18.5 Å². The lowest BCUT2D eigenvalue weighted by Gasteiger charge is -2.34. The van der Waals surface area contributed by atoms with Gasteiger partial charge in [0.1, 0.15) is 5.82 Å². The summed E-state index contributed by atoms with van der Waals surface area (Å²) < 4.78 is 5.85. The Morgan fingerprint density at radius 3 is 2.56 bits per heavy atom. The van der Waals surface area contributed by atoms with Gasteiger partial charge in [-0.25, -0.2) is 4.98 Å². The van der Waals surface area contributed by atoms with Crippen molar-refractivity contribution in [2.24, 2.45) is 0 Å². The molecule has 1 fully saturated rings. The normalized spacial score (nSPS) is 15.3. The highest BCUT2D eigenvalue weighted by Crippen LogP contribution is 2.26. The van der Waals surface area contributed by atoms with Crippen molar-refractivity contribution in [1.82, 2.24) is 25.1 Å². The maximum atomic E-state index is 9.08. The molecule has 1 aromatic carbocycles. The average molecular weight is 368 g/mol. The summed E-state index contributed by atoms with van der Waals surface area (Å²) >= 11 is 0. The van der Waals surface area contributed by atoms with Crippen LogP contribution in [0.25, 0.3) is 23.0 Å². The number of hydrogen-bond donors (Lipinski definition) is 1. The number of anilines is 1. The molecule has 3 heterocycles. The van der Waals surface area contributed by atoms with Crippen molar-refractivity contribution >= 4 is 5.82 Å². The van der Waals surface area contributed by atoms with Gasteiger partial charge >= 0.3 is 0 Å². The van der Waals surface area contributed by atoms with E-state index in [1.165, 1.54) is 0 Å². The minimum absolute atomic E-state index is 0. The molecular weight excluding hydrogens is 344 g/mol. The van der Waals surface area contributed by atoms with Crippen LogP contribution in [0, 0.1) is 6.92 Å². The first kappa shape index (κ1) is 17.6. The Labute approximate surface area is 159 Å². The third kappa shape index (κ3) is 3.81. The highest BCUT2D eigenvalue weighted by atomic mass is 16.4. The van der Waals surface area contributed by atoms with Gasteiger partial charge in [0.15, 0.2) is 5.69 Å². The van der Waals surface area contributed by atoms with E-state index in [1.807, 2.05) is 37.3 Å². The fourth-order valence-electron chi connectivity index (χ4n) is 3.15. The second-order valence-corrected chi connectivity index (χ2v) is 6.49. The summed E-state index contributed by atoms with van der Waals surface area (Å²) in [5.74, 6) is 1.65. The summed E-state index contributed by atoms with van der Waals surface area (Å²) in [6, 6.07) is 9.67. The van der Waals surface area contributed by atoms with Crippen LogP contribution in [0.15, 0.2) is 40.9 Å². The van der Waals surface area contributed by atoms with Gasteiger partial charge in [0, 0.05) is 39.7 Å². The van der Waals surface area contributed by atoms with Gasteiger partial charge in [-0.2, -0.15) is 0 Å². The molecule has 1 aliphatic heterocycles. The third-order valence-corrected chi connectivity index (χ3v) is 4.70. The standard InChI is InChI=1S/C19H22N6O2.H2/c1-14-17(19-23-22-18(27-19)15-5-3-2-4-6-15)21-16(13-20-14)25-9-7-24(8-10-25)11-12-26;/h2-6,13,26H,7-12H2,1H3;1H. The first-order valence-electron chi connectivity index (χ1n) is 9.05. The second-order valence-electron chi connectivity index (χ2n) is 6.49. The first-order valence-corrected chi connectivity index (χ1v) is 9.05.